The molecule has 0 radical (unpaired) electrons. The molecule has 0 aliphatic carbocycles. The summed E-state index contributed by atoms with van der Waals surface area (Å²) < 4.78 is 20.2. The number of carbonyl (C=O) groups is 3. The number of benzene rings is 2. The Bertz CT molecular complexity index is 1230. The van der Waals surface area contributed by atoms with Gasteiger partial charge < -0.3 is 4.74 Å². The topological polar surface area (TPSA) is 75.7 Å². The lowest BCUT2D eigenvalue weighted by Crippen LogP contribution is -2.58. The molecule has 3 heterocycles. The number of nitrogens with one attached hydrogen (secondary N) is 1. The van der Waals surface area contributed by atoms with Crippen molar-refractivity contribution >= 4 is 34.8 Å². The number of amides is 2. The first-order valence-corrected chi connectivity index (χ1v) is 12.0. The summed E-state index contributed by atoms with van der Waals surface area (Å²) in [4.78, 5) is 42.9. The molecule has 3 aromatic rings. The zero-order valence-electron chi connectivity index (χ0n) is 18.4. The lowest BCUT2D eigenvalue weighted by Gasteiger charge is -2.33. The molecule has 6 nitrogen and oxygen atoms in total. The average molecular weight is 479 g/mol. The van der Waals surface area contributed by atoms with Crippen LogP contribution in [0.4, 0.5) is 10.1 Å². The predicted molar refractivity (Wildman–Crippen MR) is 126 cm³/mol. The molecule has 2 fully saturated rings. The Morgan fingerprint density at radius 1 is 1.06 bits per heavy atom. The van der Waals surface area contributed by atoms with Crippen LogP contribution in [0.2, 0.25) is 0 Å². The molecule has 34 heavy (non-hydrogen) atoms. The van der Waals surface area contributed by atoms with Crippen LogP contribution >= 0.6 is 11.3 Å². The zero-order valence-corrected chi connectivity index (χ0v) is 19.3. The highest BCUT2D eigenvalue weighted by Gasteiger charge is 2.69. The normalized spacial score (nSPS) is 26.1. The van der Waals surface area contributed by atoms with Crippen molar-refractivity contribution in [2.24, 2.45) is 11.8 Å². The molecule has 8 heteroatoms. The van der Waals surface area contributed by atoms with E-state index in [9.17, 15) is 18.8 Å². The molecule has 2 aliphatic rings. The Hall–Kier alpha value is -3.36. The van der Waals surface area contributed by atoms with Crippen molar-refractivity contribution in [1.29, 1.82) is 0 Å². The van der Waals surface area contributed by atoms with E-state index in [1.807, 2.05) is 47.8 Å². The van der Waals surface area contributed by atoms with E-state index in [2.05, 4.69) is 5.32 Å². The van der Waals surface area contributed by atoms with E-state index in [4.69, 9.17) is 4.74 Å². The number of hydrogen-bond acceptors (Lipinski definition) is 6. The van der Waals surface area contributed by atoms with Gasteiger partial charge in [0, 0.05) is 11.3 Å². The smallest absolute Gasteiger partial charge is 0.327 e. The fourth-order valence-electron chi connectivity index (χ4n) is 5.19. The van der Waals surface area contributed by atoms with Gasteiger partial charge in [0.15, 0.2) is 0 Å². The van der Waals surface area contributed by atoms with Gasteiger partial charge in [0.2, 0.25) is 11.8 Å². The largest absolute Gasteiger partial charge is 0.465 e. The lowest BCUT2D eigenvalue weighted by atomic mass is 9.76. The maximum Gasteiger partial charge on any atom is 0.327 e. The molecule has 0 spiro atoms. The number of ether oxygens (including phenoxy) is 1. The fraction of sp³-hybridized carbons (Fsp3) is 0.269. The van der Waals surface area contributed by atoms with Gasteiger partial charge in [0.05, 0.1) is 30.2 Å². The summed E-state index contributed by atoms with van der Waals surface area (Å²) in [5.74, 6) is -4.32. The lowest BCUT2D eigenvalue weighted by molar-refractivity contribution is -0.154. The number of rotatable bonds is 6. The van der Waals surface area contributed by atoms with Crippen molar-refractivity contribution in [1.82, 2.24) is 5.32 Å². The van der Waals surface area contributed by atoms with Gasteiger partial charge in [0.25, 0.3) is 0 Å². The first-order valence-electron chi connectivity index (χ1n) is 11.1. The highest BCUT2D eigenvalue weighted by Crippen LogP contribution is 2.52. The Morgan fingerprint density at radius 2 is 1.79 bits per heavy atom. The summed E-state index contributed by atoms with van der Waals surface area (Å²) in [5.41, 5.74) is -0.767. The SMILES string of the molecule is CCOC(=O)[C@]1(Cc2ccccc2)N[C@H](c2cccs2)[C@@H]2C(=O)N(c3ccccc3F)C(=O)[C@@H]21. The van der Waals surface area contributed by atoms with E-state index < -0.39 is 47.0 Å². The predicted octanol–water partition coefficient (Wildman–Crippen LogP) is 3.88. The number of anilines is 1. The number of fused-ring (bicyclic) bond motifs is 1. The van der Waals surface area contributed by atoms with Crippen molar-refractivity contribution < 1.29 is 23.5 Å². The Morgan fingerprint density at radius 3 is 2.47 bits per heavy atom. The van der Waals surface area contributed by atoms with E-state index >= 15 is 0 Å². The number of carbonyl (C=O) groups excluding carboxylic acids is 3. The summed E-state index contributed by atoms with van der Waals surface area (Å²) in [5, 5.41) is 5.24. The van der Waals surface area contributed by atoms with Crippen molar-refractivity contribution in [3.8, 4) is 0 Å². The van der Waals surface area contributed by atoms with Crippen molar-refractivity contribution in [2.45, 2.75) is 24.9 Å². The van der Waals surface area contributed by atoms with Crippen LogP contribution in [-0.4, -0.2) is 29.9 Å². The second-order valence-corrected chi connectivity index (χ2v) is 9.44. The van der Waals surface area contributed by atoms with Gasteiger partial charge >= 0.3 is 5.97 Å². The second kappa shape index (κ2) is 8.77. The molecule has 0 saturated carbocycles. The van der Waals surface area contributed by atoms with Gasteiger partial charge in [-0.3, -0.25) is 19.7 Å². The maximum atomic E-state index is 14.7. The molecule has 174 valence electrons. The van der Waals surface area contributed by atoms with Crippen LogP contribution in [-0.2, 0) is 25.5 Å². The zero-order chi connectivity index (χ0) is 23.9. The third-order valence-corrected chi connectivity index (χ3v) is 7.52. The average Bonchev–Trinajstić information content (AvgIpc) is 3.53. The first-order chi connectivity index (χ1) is 16.5. The third-order valence-electron chi connectivity index (χ3n) is 6.56. The quantitative estimate of drug-likeness (QED) is 0.430. The van der Waals surface area contributed by atoms with E-state index in [-0.39, 0.29) is 18.7 Å². The van der Waals surface area contributed by atoms with E-state index in [0.717, 1.165) is 15.3 Å². The highest BCUT2D eigenvalue weighted by molar-refractivity contribution is 7.10. The van der Waals surface area contributed by atoms with Crippen LogP contribution in [0, 0.1) is 17.7 Å². The van der Waals surface area contributed by atoms with Gasteiger partial charge in [-0.2, -0.15) is 0 Å². The van der Waals surface area contributed by atoms with Gasteiger partial charge in [-0.05, 0) is 36.1 Å². The number of hydrogen-bond donors (Lipinski definition) is 1. The molecule has 2 saturated heterocycles. The monoisotopic (exact) mass is 478 g/mol. The van der Waals surface area contributed by atoms with E-state index in [1.165, 1.54) is 29.5 Å². The summed E-state index contributed by atoms with van der Waals surface area (Å²) >= 11 is 1.43. The molecule has 0 unspecified atom stereocenters. The van der Waals surface area contributed by atoms with Crippen molar-refractivity contribution in [3.63, 3.8) is 0 Å². The van der Waals surface area contributed by atoms with Crippen molar-refractivity contribution in [3.05, 3.63) is 88.4 Å². The summed E-state index contributed by atoms with van der Waals surface area (Å²) in [6.07, 6.45) is 0.153. The third kappa shape index (κ3) is 3.45. The fourth-order valence-corrected chi connectivity index (χ4v) is 6.01. The molecule has 0 bridgehead atoms. The number of nitrogens with zero attached hydrogens (tertiary/aromatic N) is 1. The van der Waals surface area contributed by atoms with Crippen LogP contribution in [0.25, 0.3) is 0 Å². The second-order valence-electron chi connectivity index (χ2n) is 8.46. The molecule has 2 aromatic carbocycles. The minimum atomic E-state index is -1.48. The van der Waals surface area contributed by atoms with E-state index in [1.54, 1.807) is 13.0 Å². The summed E-state index contributed by atoms with van der Waals surface area (Å²) in [7, 11) is 0. The van der Waals surface area contributed by atoms with Crippen molar-refractivity contribution in [2.75, 3.05) is 11.5 Å². The minimum absolute atomic E-state index is 0.103. The van der Waals surface area contributed by atoms with Crippen LogP contribution in [0.5, 0.6) is 0 Å². The molecule has 1 aromatic heterocycles. The number of halogens is 1. The van der Waals surface area contributed by atoms with Crippen LogP contribution in [0.15, 0.2) is 72.1 Å². The standard InChI is InChI=1S/C26H23FN2O4S/c1-2-33-25(32)26(15-16-9-4-3-5-10-16)21-20(22(28-26)19-13-8-14-34-19)23(30)29(24(21)31)18-12-7-6-11-17(18)27/h3-14,20-22,28H,2,15H2,1H3/t20-,21-,22-,26-/m1/s1. The minimum Gasteiger partial charge on any atom is -0.465 e. The molecule has 5 rings (SSSR count). The number of thiophene rings is 1. The molecule has 2 amide bonds. The van der Waals surface area contributed by atoms with E-state index in [0.29, 0.717) is 0 Å². The molecule has 1 N–H and O–H groups in total. The Labute approximate surface area is 200 Å². The van der Waals surface area contributed by atoms with Gasteiger partial charge in [-0.15, -0.1) is 11.3 Å². The number of imide groups is 1. The van der Waals surface area contributed by atoms with Gasteiger partial charge in [-0.1, -0.05) is 48.5 Å². The van der Waals surface area contributed by atoms with Crippen LogP contribution in [0.3, 0.4) is 0 Å². The highest BCUT2D eigenvalue weighted by atomic mass is 32.1. The first kappa shape index (κ1) is 22.4. The summed E-state index contributed by atoms with van der Waals surface area (Å²) in [6, 6.07) is 18.1. The number of para-hydroxylation sites is 1. The Kier molecular flexibility index (Phi) is 5.79. The molecular formula is C26H23FN2O4S. The summed E-state index contributed by atoms with van der Waals surface area (Å²) in [6.45, 7) is 1.82. The number of esters is 1. The maximum absolute atomic E-state index is 14.7. The van der Waals surface area contributed by atoms with Crippen LogP contribution in [0.1, 0.15) is 23.4 Å². The molecule has 4 atom stereocenters. The molecular weight excluding hydrogens is 455 g/mol. The Balaban J connectivity index is 1.68. The molecule has 2 aliphatic heterocycles. The van der Waals surface area contributed by atoms with Gasteiger partial charge in [-0.25, -0.2) is 9.29 Å². The van der Waals surface area contributed by atoms with Crippen LogP contribution < -0.4 is 10.2 Å². The van der Waals surface area contributed by atoms with Gasteiger partial charge in [0.1, 0.15) is 11.4 Å².